The third kappa shape index (κ3) is 6.61. The van der Waals surface area contributed by atoms with Crippen LogP contribution in [0.1, 0.15) is 32.6 Å². The number of aliphatic hydroxyl groups is 1. The van der Waals surface area contributed by atoms with Crippen molar-refractivity contribution in [3.05, 3.63) is 0 Å². The van der Waals surface area contributed by atoms with Crippen LogP contribution in [-0.2, 0) is 9.47 Å². The molecule has 0 amide bonds. The molecule has 2 saturated heterocycles. The minimum absolute atomic E-state index is 0.244. The second kappa shape index (κ2) is 9.74. The standard InChI is InChI=1S/C16H32N2O3/c1-2-18-7-5-14(6-8-18)10-17-11-15(19)12-20-13-16-4-3-9-21-16/h14-17,19H,2-13H2,1H3. The molecular weight excluding hydrogens is 268 g/mol. The van der Waals surface area contributed by atoms with Crippen LogP contribution in [-0.4, -0.2) is 74.8 Å². The summed E-state index contributed by atoms with van der Waals surface area (Å²) in [6.45, 7) is 9.35. The lowest BCUT2D eigenvalue weighted by Gasteiger charge is -2.31. The van der Waals surface area contributed by atoms with Gasteiger partial charge in [-0.15, -0.1) is 0 Å². The molecule has 0 aromatic carbocycles. The van der Waals surface area contributed by atoms with E-state index in [4.69, 9.17) is 9.47 Å². The summed E-state index contributed by atoms with van der Waals surface area (Å²) in [4.78, 5) is 2.50. The van der Waals surface area contributed by atoms with Gasteiger partial charge < -0.3 is 24.8 Å². The van der Waals surface area contributed by atoms with Crippen LogP contribution < -0.4 is 5.32 Å². The summed E-state index contributed by atoms with van der Waals surface area (Å²) in [6, 6.07) is 0. The fraction of sp³-hybridized carbons (Fsp3) is 1.00. The highest BCUT2D eigenvalue weighted by molar-refractivity contribution is 4.74. The van der Waals surface area contributed by atoms with E-state index in [2.05, 4.69) is 17.1 Å². The predicted molar refractivity (Wildman–Crippen MR) is 83.5 cm³/mol. The zero-order valence-corrected chi connectivity index (χ0v) is 13.4. The van der Waals surface area contributed by atoms with Gasteiger partial charge in [0.15, 0.2) is 0 Å². The van der Waals surface area contributed by atoms with Crippen molar-refractivity contribution in [2.75, 3.05) is 52.5 Å². The van der Waals surface area contributed by atoms with Crippen LogP contribution in [0.3, 0.4) is 0 Å². The maximum atomic E-state index is 9.90. The van der Waals surface area contributed by atoms with Crippen LogP contribution in [0.15, 0.2) is 0 Å². The third-order valence-corrected chi connectivity index (χ3v) is 4.61. The largest absolute Gasteiger partial charge is 0.389 e. The highest BCUT2D eigenvalue weighted by atomic mass is 16.5. The molecule has 2 aliphatic rings. The van der Waals surface area contributed by atoms with Crippen molar-refractivity contribution in [3.63, 3.8) is 0 Å². The molecule has 2 fully saturated rings. The van der Waals surface area contributed by atoms with Gasteiger partial charge in [0.05, 0.1) is 25.4 Å². The second-order valence-electron chi connectivity index (χ2n) is 6.36. The van der Waals surface area contributed by atoms with E-state index in [0.29, 0.717) is 19.8 Å². The fourth-order valence-electron chi connectivity index (χ4n) is 3.13. The van der Waals surface area contributed by atoms with Crippen LogP contribution in [0.2, 0.25) is 0 Å². The van der Waals surface area contributed by atoms with E-state index in [0.717, 1.165) is 31.9 Å². The maximum absolute atomic E-state index is 9.90. The Labute approximate surface area is 129 Å². The normalized spacial score (nSPS) is 26.3. The van der Waals surface area contributed by atoms with E-state index in [9.17, 15) is 5.11 Å². The third-order valence-electron chi connectivity index (χ3n) is 4.61. The number of hydrogen-bond donors (Lipinski definition) is 2. The van der Waals surface area contributed by atoms with E-state index >= 15 is 0 Å². The summed E-state index contributed by atoms with van der Waals surface area (Å²) in [5.74, 6) is 0.757. The minimum Gasteiger partial charge on any atom is -0.389 e. The zero-order chi connectivity index (χ0) is 14.9. The Morgan fingerprint density at radius 3 is 2.81 bits per heavy atom. The van der Waals surface area contributed by atoms with Crippen molar-refractivity contribution in [1.29, 1.82) is 0 Å². The number of piperidine rings is 1. The summed E-state index contributed by atoms with van der Waals surface area (Å²) in [6.07, 6.45) is 4.59. The smallest absolute Gasteiger partial charge is 0.0897 e. The molecule has 2 unspecified atom stereocenters. The zero-order valence-electron chi connectivity index (χ0n) is 13.4. The molecule has 2 aliphatic heterocycles. The number of rotatable bonds is 9. The van der Waals surface area contributed by atoms with Gasteiger partial charge in [-0.25, -0.2) is 0 Å². The topological polar surface area (TPSA) is 54.0 Å². The molecule has 2 rings (SSSR count). The lowest BCUT2D eigenvalue weighted by molar-refractivity contribution is -0.0166. The molecule has 2 atom stereocenters. The Bertz CT molecular complexity index is 264. The number of hydrogen-bond acceptors (Lipinski definition) is 5. The number of aliphatic hydroxyl groups excluding tert-OH is 1. The first-order valence-electron chi connectivity index (χ1n) is 8.58. The highest BCUT2D eigenvalue weighted by Gasteiger charge is 2.18. The molecule has 2 heterocycles. The van der Waals surface area contributed by atoms with Crippen LogP contribution in [0.5, 0.6) is 0 Å². The average Bonchev–Trinajstić information content (AvgIpc) is 3.01. The molecule has 2 N–H and O–H groups in total. The Hall–Kier alpha value is -0.200. The first kappa shape index (κ1) is 17.2. The maximum Gasteiger partial charge on any atom is 0.0897 e. The van der Waals surface area contributed by atoms with Gasteiger partial charge in [-0.3, -0.25) is 0 Å². The Morgan fingerprint density at radius 2 is 2.14 bits per heavy atom. The fourth-order valence-corrected chi connectivity index (χ4v) is 3.13. The van der Waals surface area contributed by atoms with E-state index in [1.165, 1.54) is 32.5 Å². The van der Waals surface area contributed by atoms with Crippen LogP contribution in [0, 0.1) is 5.92 Å². The summed E-state index contributed by atoms with van der Waals surface area (Å²) < 4.78 is 11.0. The van der Waals surface area contributed by atoms with Crippen molar-refractivity contribution < 1.29 is 14.6 Å². The summed E-state index contributed by atoms with van der Waals surface area (Å²) in [7, 11) is 0. The Kier molecular flexibility index (Phi) is 7.96. The number of ether oxygens (including phenoxy) is 2. The van der Waals surface area contributed by atoms with Gasteiger partial charge in [0.25, 0.3) is 0 Å². The second-order valence-corrected chi connectivity index (χ2v) is 6.36. The molecule has 0 aromatic rings. The molecule has 124 valence electrons. The van der Waals surface area contributed by atoms with Gasteiger partial charge in [-0.1, -0.05) is 6.92 Å². The van der Waals surface area contributed by atoms with E-state index < -0.39 is 6.10 Å². The van der Waals surface area contributed by atoms with Crippen LogP contribution in [0.25, 0.3) is 0 Å². The molecule has 0 radical (unpaired) electrons. The lowest BCUT2D eigenvalue weighted by Crippen LogP contribution is -2.39. The molecule has 21 heavy (non-hydrogen) atoms. The highest BCUT2D eigenvalue weighted by Crippen LogP contribution is 2.15. The van der Waals surface area contributed by atoms with Gasteiger partial charge >= 0.3 is 0 Å². The number of nitrogens with one attached hydrogen (secondary N) is 1. The van der Waals surface area contributed by atoms with Gasteiger partial charge in [0.1, 0.15) is 0 Å². The number of nitrogens with zero attached hydrogens (tertiary/aromatic N) is 1. The molecule has 0 aliphatic carbocycles. The van der Waals surface area contributed by atoms with E-state index in [1.54, 1.807) is 0 Å². The van der Waals surface area contributed by atoms with Crippen LogP contribution >= 0.6 is 0 Å². The molecule has 0 spiro atoms. The SMILES string of the molecule is CCN1CCC(CNCC(O)COCC2CCCO2)CC1. The van der Waals surface area contributed by atoms with Crippen molar-refractivity contribution in [1.82, 2.24) is 10.2 Å². The minimum atomic E-state index is -0.415. The molecule has 0 bridgehead atoms. The predicted octanol–water partition coefficient (Wildman–Crippen LogP) is 0.864. The first-order valence-corrected chi connectivity index (χ1v) is 8.58. The van der Waals surface area contributed by atoms with Crippen molar-refractivity contribution in [2.24, 2.45) is 5.92 Å². The summed E-state index contributed by atoms with van der Waals surface area (Å²) in [5.41, 5.74) is 0. The van der Waals surface area contributed by atoms with E-state index in [-0.39, 0.29) is 6.10 Å². The first-order chi connectivity index (χ1) is 10.3. The quantitative estimate of drug-likeness (QED) is 0.662. The van der Waals surface area contributed by atoms with Crippen molar-refractivity contribution in [3.8, 4) is 0 Å². The van der Waals surface area contributed by atoms with Gasteiger partial charge in [0.2, 0.25) is 0 Å². The van der Waals surface area contributed by atoms with Gasteiger partial charge in [0, 0.05) is 13.2 Å². The van der Waals surface area contributed by atoms with Gasteiger partial charge in [-0.2, -0.15) is 0 Å². The van der Waals surface area contributed by atoms with E-state index in [1.807, 2.05) is 0 Å². The lowest BCUT2D eigenvalue weighted by atomic mass is 9.97. The molecular formula is C16H32N2O3. The van der Waals surface area contributed by atoms with Crippen molar-refractivity contribution in [2.45, 2.75) is 44.8 Å². The molecule has 0 aromatic heterocycles. The molecule has 0 saturated carbocycles. The monoisotopic (exact) mass is 300 g/mol. The molecule has 5 heteroatoms. The van der Waals surface area contributed by atoms with Crippen molar-refractivity contribution >= 4 is 0 Å². The molecule has 5 nitrogen and oxygen atoms in total. The summed E-state index contributed by atoms with van der Waals surface area (Å²) in [5, 5.41) is 13.3. The van der Waals surface area contributed by atoms with Crippen LogP contribution in [0.4, 0.5) is 0 Å². The number of likely N-dealkylation sites (tertiary alicyclic amines) is 1. The Morgan fingerprint density at radius 1 is 1.33 bits per heavy atom. The Balaban J connectivity index is 1.44. The average molecular weight is 300 g/mol. The summed E-state index contributed by atoms with van der Waals surface area (Å²) >= 11 is 0. The van der Waals surface area contributed by atoms with Gasteiger partial charge in [-0.05, 0) is 57.8 Å².